The Morgan fingerprint density at radius 1 is 1.18 bits per heavy atom. The lowest BCUT2D eigenvalue weighted by Crippen LogP contribution is -2.30. The molecule has 0 atom stereocenters. The lowest BCUT2D eigenvalue weighted by atomic mass is 10.1. The number of benzene rings is 2. The summed E-state index contributed by atoms with van der Waals surface area (Å²) < 4.78 is 14.1. The molecule has 0 spiro atoms. The lowest BCUT2D eigenvalue weighted by Gasteiger charge is -2.23. The van der Waals surface area contributed by atoms with Gasteiger partial charge in [-0.2, -0.15) is 0 Å². The Balaban J connectivity index is 1.82. The van der Waals surface area contributed by atoms with Crippen molar-refractivity contribution in [2.75, 3.05) is 4.90 Å². The van der Waals surface area contributed by atoms with E-state index in [0.29, 0.717) is 26.7 Å². The van der Waals surface area contributed by atoms with E-state index in [4.69, 9.17) is 11.6 Å². The second kappa shape index (κ2) is 7.66. The molecule has 0 saturated carbocycles. The van der Waals surface area contributed by atoms with Crippen LogP contribution in [0, 0.1) is 12.7 Å². The minimum Gasteiger partial charge on any atom is -0.303 e. The average Bonchev–Trinajstić information content (AvgIpc) is 3.12. The van der Waals surface area contributed by atoms with E-state index in [2.05, 4.69) is 9.97 Å². The summed E-state index contributed by atoms with van der Waals surface area (Å²) in [6.07, 6.45) is 1.55. The van der Waals surface area contributed by atoms with Crippen LogP contribution in [0.25, 0.3) is 10.9 Å². The van der Waals surface area contributed by atoms with Crippen molar-refractivity contribution in [3.8, 4) is 0 Å². The minimum absolute atomic E-state index is 0.177. The summed E-state index contributed by atoms with van der Waals surface area (Å²) in [7, 11) is 0. The zero-order chi connectivity index (χ0) is 19.7. The fourth-order valence-corrected chi connectivity index (χ4v) is 3.99. The lowest BCUT2D eigenvalue weighted by molar-refractivity contribution is 0.0988. The van der Waals surface area contributed by atoms with E-state index in [9.17, 15) is 9.18 Å². The van der Waals surface area contributed by atoms with Crippen molar-refractivity contribution in [2.24, 2.45) is 0 Å². The van der Waals surface area contributed by atoms with Gasteiger partial charge in [0.15, 0.2) is 0 Å². The first-order valence-electron chi connectivity index (χ1n) is 8.54. The molecule has 0 fully saturated rings. The van der Waals surface area contributed by atoms with Crippen molar-refractivity contribution in [2.45, 2.75) is 13.5 Å². The highest BCUT2D eigenvalue weighted by Crippen LogP contribution is 2.28. The van der Waals surface area contributed by atoms with Crippen LogP contribution in [-0.2, 0) is 6.54 Å². The molecule has 2 aromatic heterocycles. The first kappa shape index (κ1) is 18.5. The topological polar surface area (TPSA) is 46.1 Å². The van der Waals surface area contributed by atoms with E-state index in [1.807, 2.05) is 6.07 Å². The van der Waals surface area contributed by atoms with E-state index in [0.717, 1.165) is 5.56 Å². The molecule has 140 valence electrons. The van der Waals surface area contributed by atoms with E-state index in [-0.39, 0.29) is 18.0 Å². The maximum atomic E-state index is 14.1. The number of hydrogen-bond acceptors (Lipinski definition) is 4. The fourth-order valence-electron chi connectivity index (χ4n) is 3.06. The van der Waals surface area contributed by atoms with E-state index < -0.39 is 5.82 Å². The number of fused-ring (bicyclic) bond motifs is 1. The molecule has 1 amide bonds. The molecule has 0 aliphatic rings. The standard InChI is InChI=1S/C21H15ClFN3OS/c1-13-20(28-12-25-13)21(27)26(16-5-2-4-15(22)10-16)11-14-8-9-24-19-17(14)6-3-7-18(19)23/h2-10,12H,11H2,1H3. The summed E-state index contributed by atoms with van der Waals surface area (Å²) in [6, 6.07) is 13.7. The van der Waals surface area contributed by atoms with E-state index in [1.165, 1.54) is 17.4 Å². The molecule has 7 heteroatoms. The summed E-state index contributed by atoms with van der Waals surface area (Å²) in [5.41, 5.74) is 4.06. The second-order valence-electron chi connectivity index (χ2n) is 6.24. The van der Waals surface area contributed by atoms with Crippen molar-refractivity contribution in [3.05, 3.63) is 87.2 Å². The van der Waals surface area contributed by atoms with Gasteiger partial charge in [0.1, 0.15) is 16.2 Å². The summed E-state index contributed by atoms with van der Waals surface area (Å²) in [5, 5.41) is 1.20. The van der Waals surface area contributed by atoms with Crippen LogP contribution in [-0.4, -0.2) is 15.9 Å². The van der Waals surface area contributed by atoms with Gasteiger partial charge in [-0.3, -0.25) is 9.78 Å². The summed E-state index contributed by atoms with van der Waals surface area (Å²) >= 11 is 7.46. The van der Waals surface area contributed by atoms with Gasteiger partial charge in [0, 0.05) is 22.3 Å². The SMILES string of the molecule is Cc1ncsc1C(=O)N(Cc1ccnc2c(F)cccc12)c1cccc(Cl)c1. The van der Waals surface area contributed by atoms with Gasteiger partial charge in [0.25, 0.3) is 5.91 Å². The molecule has 2 heterocycles. The molecule has 28 heavy (non-hydrogen) atoms. The zero-order valence-electron chi connectivity index (χ0n) is 14.9. The molecule has 4 aromatic rings. The van der Waals surface area contributed by atoms with Crippen LogP contribution in [0.3, 0.4) is 0 Å². The Morgan fingerprint density at radius 3 is 2.75 bits per heavy atom. The Labute approximate surface area is 170 Å². The van der Waals surface area contributed by atoms with Gasteiger partial charge in [-0.25, -0.2) is 9.37 Å². The smallest absolute Gasteiger partial charge is 0.270 e. The highest BCUT2D eigenvalue weighted by atomic mass is 35.5. The Kier molecular flexibility index (Phi) is 5.07. The Bertz CT molecular complexity index is 1180. The molecule has 0 unspecified atom stereocenters. The first-order chi connectivity index (χ1) is 13.5. The molecule has 0 aliphatic carbocycles. The predicted molar refractivity (Wildman–Crippen MR) is 111 cm³/mol. The van der Waals surface area contributed by atoms with Crippen molar-refractivity contribution < 1.29 is 9.18 Å². The third-order valence-electron chi connectivity index (χ3n) is 4.45. The normalized spacial score (nSPS) is 11.0. The number of aryl methyl sites for hydroxylation is 1. The van der Waals surface area contributed by atoms with Gasteiger partial charge in [-0.1, -0.05) is 29.8 Å². The van der Waals surface area contributed by atoms with Gasteiger partial charge in [0.2, 0.25) is 0 Å². The number of halogens is 2. The van der Waals surface area contributed by atoms with Crippen LogP contribution >= 0.6 is 22.9 Å². The van der Waals surface area contributed by atoms with Crippen molar-refractivity contribution >= 4 is 45.4 Å². The maximum Gasteiger partial charge on any atom is 0.270 e. The molecule has 0 bridgehead atoms. The molecule has 4 nitrogen and oxygen atoms in total. The first-order valence-corrected chi connectivity index (χ1v) is 9.80. The van der Waals surface area contributed by atoms with Crippen LogP contribution in [0.2, 0.25) is 5.02 Å². The second-order valence-corrected chi connectivity index (χ2v) is 7.54. The highest BCUT2D eigenvalue weighted by molar-refractivity contribution is 7.12. The third-order valence-corrected chi connectivity index (χ3v) is 5.60. The molecular formula is C21H15ClFN3OS. The van der Waals surface area contributed by atoms with Crippen LogP contribution in [0.4, 0.5) is 10.1 Å². The van der Waals surface area contributed by atoms with Gasteiger partial charge in [0.05, 0.1) is 17.7 Å². The number of nitrogens with zero attached hydrogens (tertiary/aromatic N) is 3. The average molecular weight is 412 g/mol. The van der Waals surface area contributed by atoms with Crippen LogP contribution < -0.4 is 4.90 Å². The van der Waals surface area contributed by atoms with Crippen molar-refractivity contribution in [1.29, 1.82) is 0 Å². The Morgan fingerprint density at radius 2 is 2.00 bits per heavy atom. The number of anilines is 1. The number of amides is 1. The van der Waals surface area contributed by atoms with Crippen molar-refractivity contribution in [3.63, 3.8) is 0 Å². The molecule has 2 aromatic carbocycles. The molecule has 0 N–H and O–H groups in total. The molecule has 4 rings (SSSR count). The Hall–Kier alpha value is -2.83. The monoisotopic (exact) mass is 411 g/mol. The van der Waals surface area contributed by atoms with E-state index >= 15 is 0 Å². The summed E-state index contributed by atoms with van der Waals surface area (Å²) in [5.74, 6) is -0.568. The molecule has 0 aliphatic heterocycles. The number of aromatic nitrogens is 2. The van der Waals surface area contributed by atoms with Gasteiger partial charge >= 0.3 is 0 Å². The van der Waals surface area contributed by atoms with Gasteiger partial charge in [-0.15, -0.1) is 11.3 Å². The van der Waals surface area contributed by atoms with Gasteiger partial charge in [-0.05, 0) is 42.8 Å². The number of pyridine rings is 1. The predicted octanol–water partition coefficient (Wildman–Crippen LogP) is 5.64. The maximum absolute atomic E-state index is 14.1. The zero-order valence-corrected chi connectivity index (χ0v) is 16.5. The molecular weight excluding hydrogens is 397 g/mol. The van der Waals surface area contributed by atoms with Crippen molar-refractivity contribution in [1.82, 2.24) is 9.97 Å². The summed E-state index contributed by atoms with van der Waals surface area (Å²) in [4.78, 5) is 23.8. The minimum atomic E-state index is -0.390. The van der Waals surface area contributed by atoms with Gasteiger partial charge < -0.3 is 4.90 Å². The number of hydrogen-bond donors (Lipinski definition) is 0. The summed E-state index contributed by atoms with van der Waals surface area (Å²) in [6.45, 7) is 2.05. The van der Waals surface area contributed by atoms with Crippen LogP contribution in [0.1, 0.15) is 20.9 Å². The fraction of sp³-hybridized carbons (Fsp3) is 0.0952. The quantitative estimate of drug-likeness (QED) is 0.436. The molecule has 0 saturated heterocycles. The molecule has 0 radical (unpaired) electrons. The number of carbonyl (C=O) groups excluding carboxylic acids is 1. The number of para-hydroxylation sites is 1. The van der Waals surface area contributed by atoms with E-state index in [1.54, 1.807) is 59.9 Å². The number of rotatable bonds is 4. The number of thiazole rings is 1. The highest BCUT2D eigenvalue weighted by Gasteiger charge is 2.23. The van der Waals surface area contributed by atoms with Crippen LogP contribution in [0.5, 0.6) is 0 Å². The van der Waals surface area contributed by atoms with Crippen LogP contribution in [0.15, 0.2) is 60.2 Å². The number of carbonyl (C=O) groups is 1. The third kappa shape index (κ3) is 3.48. The largest absolute Gasteiger partial charge is 0.303 e.